The lowest BCUT2D eigenvalue weighted by atomic mass is 10.0. The quantitative estimate of drug-likeness (QED) is 0.632. The molecule has 0 spiro atoms. The van der Waals surface area contributed by atoms with E-state index in [4.69, 9.17) is 0 Å². The van der Waals surface area contributed by atoms with Crippen molar-refractivity contribution in [1.82, 2.24) is 15.5 Å². The lowest BCUT2D eigenvalue weighted by molar-refractivity contribution is -0.119. The summed E-state index contributed by atoms with van der Waals surface area (Å²) >= 11 is 4.60. The van der Waals surface area contributed by atoms with Gasteiger partial charge in [0.15, 0.2) is 4.34 Å². The minimum Gasteiger partial charge on any atom is -0.360 e. The summed E-state index contributed by atoms with van der Waals surface area (Å²) in [6, 6.07) is 4.15. The number of hydrogen-bond donors (Lipinski definition) is 2. The van der Waals surface area contributed by atoms with Crippen LogP contribution in [0.1, 0.15) is 38.6 Å². The van der Waals surface area contributed by atoms with E-state index in [2.05, 4.69) is 54.6 Å². The number of thiophene rings is 1. The summed E-state index contributed by atoms with van der Waals surface area (Å²) < 4.78 is 0.814. The lowest BCUT2D eigenvalue weighted by Gasteiger charge is -2.21. The van der Waals surface area contributed by atoms with E-state index in [1.807, 2.05) is 11.4 Å². The summed E-state index contributed by atoms with van der Waals surface area (Å²) in [6.45, 7) is 9.40. The molecule has 1 amide bonds. The second kappa shape index (κ2) is 9.39. The van der Waals surface area contributed by atoms with Gasteiger partial charge in [-0.1, -0.05) is 56.9 Å². The molecule has 2 aromatic rings. The van der Waals surface area contributed by atoms with Crippen molar-refractivity contribution >= 4 is 45.5 Å². The highest BCUT2D eigenvalue weighted by Crippen LogP contribution is 2.28. The Kier molecular flexibility index (Phi) is 7.51. The summed E-state index contributed by atoms with van der Waals surface area (Å²) in [4.78, 5) is 13.5. The van der Waals surface area contributed by atoms with E-state index in [0.717, 1.165) is 16.0 Å². The van der Waals surface area contributed by atoms with Gasteiger partial charge in [0.2, 0.25) is 11.0 Å². The summed E-state index contributed by atoms with van der Waals surface area (Å²) in [5.41, 5.74) is 0. The maximum absolute atomic E-state index is 12.3. The standard InChI is InChI=1S/C16H24N4OS3/c1-10(2)8-17-15-19-20-16(24-15)23-9-13(21)18-14(11(3)4)12-6-5-7-22-12/h5-7,10-11,14H,8-9H2,1-4H3,(H,17,19)(H,18,21). The van der Waals surface area contributed by atoms with Gasteiger partial charge < -0.3 is 10.6 Å². The first-order chi connectivity index (χ1) is 11.5. The van der Waals surface area contributed by atoms with Crippen molar-refractivity contribution < 1.29 is 4.79 Å². The number of aromatic nitrogens is 2. The predicted molar refractivity (Wildman–Crippen MR) is 104 cm³/mol. The van der Waals surface area contributed by atoms with Gasteiger partial charge in [0.25, 0.3) is 0 Å². The zero-order valence-electron chi connectivity index (χ0n) is 14.4. The Morgan fingerprint density at radius 2 is 2.08 bits per heavy atom. The van der Waals surface area contributed by atoms with E-state index in [1.54, 1.807) is 11.3 Å². The smallest absolute Gasteiger partial charge is 0.230 e. The summed E-state index contributed by atoms with van der Waals surface area (Å²) in [6.07, 6.45) is 0. The fourth-order valence-corrected chi connectivity index (χ4v) is 4.53. The number of carbonyl (C=O) groups is 1. The SMILES string of the molecule is CC(C)CNc1nnc(SCC(=O)NC(c2cccs2)C(C)C)s1. The van der Waals surface area contributed by atoms with E-state index in [-0.39, 0.29) is 11.9 Å². The van der Waals surface area contributed by atoms with Crippen LogP contribution in [0.5, 0.6) is 0 Å². The number of carbonyl (C=O) groups excluding carboxylic acids is 1. The van der Waals surface area contributed by atoms with Crippen molar-refractivity contribution in [1.29, 1.82) is 0 Å². The minimum absolute atomic E-state index is 0.0268. The summed E-state index contributed by atoms with van der Waals surface area (Å²) in [7, 11) is 0. The molecule has 2 rings (SSSR count). The molecule has 0 fully saturated rings. The van der Waals surface area contributed by atoms with Gasteiger partial charge in [0.05, 0.1) is 11.8 Å². The fraction of sp³-hybridized carbons (Fsp3) is 0.562. The van der Waals surface area contributed by atoms with Crippen LogP contribution in [0, 0.1) is 11.8 Å². The molecule has 2 N–H and O–H groups in total. The number of thioether (sulfide) groups is 1. The molecule has 0 saturated carbocycles. The van der Waals surface area contributed by atoms with Crippen molar-refractivity contribution in [2.75, 3.05) is 17.6 Å². The first kappa shape index (κ1) is 19.2. The molecular weight excluding hydrogens is 360 g/mol. The Hall–Kier alpha value is -1.12. The van der Waals surface area contributed by atoms with Crippen LogP contribution in [0.4, 0.5) is 5.13 Å². The Labute approximate surface area is 155 Å². The van der Waals surface area contributed by atoms with Gasteiger partial charge in [-0.25, -0.2) is 0 Å². The molecule has 2 heterocycles. The summed E-state index contributed by atoms with van der Waals surface area (Å²) in [5, 5.41) is 17.5. The van der Waals surface area contributed by atoms with Crippen molar-refractivity contribution in [2.24, 2.45) is 11.8 Å². The molecule has 2 aromatic heterocycles. The molecule has 132 valence electrons. The molecule has 0 radical (unpaired) electrons. The van der Waals surface area contributed by atoms with Gasteiger partial charge in [-0.15, -0.1) is 21.5 Å². The van der Waals surface area contributed by atoms with Crippen LogP contribution in [0.25, 0.3) is 0 Å². The van der Waals surface area contributed by atoms with Gasteiger partial charge >= 0.3 is 0 Å². The number of nitrogens with one attached hydrogen (secondary N) is 2. The largest absolute Gasteiger partial charge is 0.360 e. The number of hydrogen-bond acceptors (Lipinski definition) is 7. The first-order valence-corrected chi connectivity index (χ1v) is 10.7. The van der Waals surface area contributed by atoms with E-state index in [9.17, 15) is 4.79 Å². The Morgan fingerprint density at radius 3 is 2.71 bits per heavy atom. The molecule has 5 nitrogen and oxygen atoms in total. The van der Waals surface area contributed by atoms with Gasteiger partial charge in [-0.2, -0.15) is 0 Å². The molecule has 0 bridgehead atoms. The highest BCUT2D eigenvalue weighted by molar-refractivity contribution is 8.01. The summed E-state index contributed by atoms with van der Waals surface area (Å²) in [5.74, 6) is 1.29. The number of nitrogens with zero attached hydrogens (tertiary/aromatic N) is 2. The van der Waals surface area contributed by atoms with Crippen LogP contribution in [0.15, 0.2) is 21.9 Å². The van der Waals surface area contributed by atoms with Gasteiger partial charge in [0, 0.05) is 11.4 Å². The van der Waals surface area contributed by atoms with Gasteiger partial charge in [-0.3, -0.25) is 4.79 Å². The Balaban J connectivity index is 1.82. The average Bonchev–Trinajstić information content (AvgIpc) is 3.19. The highest BCUT2D eigenvalue weighted by atomic mass is 32.2. The van der Waals surface area contributed by atoms with E-state index < -0.39 is 0 Å². The molecule has 0 aliphatic heterocycles. The molecular formula is C16H24N4OS3. The zero-order chi connectivity index (χ0) is 17.5. The predicted octanol–water partition coefficient (Wildman–Crippen LogP) is 4.27. The maximum Gasteiger partial charge on any atom is 0.230 e. The second-order valence-corrected chi connectivity index (χ2v) is 9.42. The molecule has 1 unspecified atom stereocenters. The van der Waals surface area contributed by atoms with Crippen molar-refractivity contribution in [2.45, 2.75) is 38.1 Å². The average molecular weight is 385 g/mol. The third kappa shape index (κ3) is 6.07. The Bertz CT molecular complexity index is 625. The van der Waals surface area contributed by atoms with E-state index >= 15 is 0 Å². The monoisotopic (exact) mass is 384 g/mol. The Morgan fingerprint density at radius 1 is 1.29 bits per heavy atom. The van der Waals surface area contributed by atoms with Gasteiger partial charge in [-0.05, 0) is 23.3 Å². The highest BCUT2D eigenvalue weighted by Gasteiger charge is 2.19. The number of anilines is 1. The molecule has 24 heavy (non-hydrogen) atoms. The van der Waals surface area contributed by atoms with Crippen LogP contribution < -0.4 is 10.6 Å². The van der Waals surface area contributed by atoms with Crippen LogP contribution >= 0.6 is 34.4 Å². The maximum atomic E-state index is 12.3. The topological polar surface area (TPSA) is 66.9 Å². The van der Waals surface area contributed by atoms with Gasteiger partial charge in [0.1, 0.15) is 0 Å². The van der Waals surface area contributed by atoms with Crippen LogP contribution in [0.3, 0.4) is 0 Å². The van der Waals surface area contributed by atoms with Crippen LogP contribution in [-0.2, 0) is 4.79 Å². The molecule has 0 saturated heterocycles. The van der Waals surface area contributed by atoms with Crippen molar-refractivity contribution in [3.8, 4) is 0 Å². The number of rotatable bonds is 9. The third-order valence-corrected chi connectivity index (χ3v) is 6.20. The van der Waals surface area contributed by atoms with E-state index in [0.29, 0.717) is 17.6 Å². The molecule has 0 aliphatic carbocycles. The third-order valence-electron chi connectivity index (χ3n) is 3.23. The van der Waals surface area contributed by atoms with Crippen LogP contribution in [-0.4, -0.2) is 28.4 Å². The fourth-order valence-electron chi connectivity index (χ4n) is 2.01. The second-order valence-electron chi connectivity index (χ2n) is 6.24. The number of amides is 1. The van der Waals surface area contributed by atoms with Crippen LogP contribution in [0.2, 0.25) is 0 Å². The van der Waals surface area contributed by atoms with E-state index in [1.165, 1.54) is 28.0 Å². The molecule has 8 heteroatoms. The molecule has 0 aromatic carbocycles. The first-order valence-electron chi connectivity index (χ1n) is 7.98. The van der Waals surface area contributed by atoms with Crippen molar-refractivity contribution in [3.05, 3.63) is 22.4 Å². The minimum atomic E-state index is 0.0268. The molecule has 0 aliphatic rings. The molecule has 1 atom stereocenters. The van der Waals surface area contributed by atoms with Crippen molar-refractivity contribution in [3.63, 3.8) is 0 Å². The normalized spacial score (nSPS) is 12.6. The lowest BCUT2D eigenvalue weighted by Crippen LogP contribution is -2.32. The zero-order valence-corrected chi connectivity index (χ0v) is 16.9.